The first kappa shape index (κ1) is 11.4. The van der Waals surface area contributed by atoms with Gasteiger partial charge in [0.1, 0.15) is 0 Å². The average molecular weight is 257 g/mol. The molecule has 0 aliphatic heterocycles. The second-order valence-corrected chi connectivity index (χ2v) is 3.71. The van der Waals surface area contributed by atoms with Crippen molar-refractivity contribution in [3.63, 3.8) is 0 Å². The van der Waals surface area contributed by atoms with Gasteiger partial charge in [-0.05, 0) is 17.7 Å². The third-order valence-corrected chi connectivity index (χ3v) is 2.20. The number of aliphatic hydroxyl groups excluding tert-OH is 1. The Hall–Kier alpha value is -0.640. The monoisotopic (exact) mass is 256 g/mol. The van der Waals surface area contributed by atoms with Crippen molar-refractivity contribution in [3.8, 4) is 0 Å². The van der Waals surface area contributed by atoms with Crippen molar-refractivity contribution in [2.45, 2.75) is 6.61 Å². The van der Waals surface area contributed by atoms with Crippen LogP contribution < -0.4 is 0 Å². The van der Waals surface area contributed by atoms with Crippen molar-refractivity contribution in [3.05, 3.63) is 46.5 Å². The largest absolute Gasteiger partial charge is 0.392 e. The minimum absolute atomic E-state index is 0.0711. The molecule has 0 aromatic heterocycles. The molecule has 1 aromatic rings. The van der Waals surface area contributed by atoms with Gasteiger partial charge >= 0.3 is 0 Å². The molecule has 14 heavy (non-hydrogen) atoms. The van der Waals surface area contributed by atoms with Crippen molar-refractivity contribution >= 4 is 15.9 Å². The molecule has 2 nitrogen and oxygen atoms in total. The van der Waals surface area contributed by atoms with Crippen molar-refractivity contribution in [2.24, 2.45) is 0 Å². The average Bonchev–Trinajstić information content (AvgIpc) is 2.21. The highest BCUT2D eigenvalue weighted by Gasteiger charge is 1.91. The maximum Gasteiger partial charge on any atom is 0.0721 e. The number of ether oxygens (including phenoxy) is 1. The van der Waals surface area contributed by atoms with E-state index in [1.54, 1.807) is 12.2 Å². The zero-order valence-electron chi connectivity index (χ0n) is 7.82. The SMILES string of the molecule is OC/C=C\COCc1ccc(Br)cc1. The van der Waals surface area contributed by atoms with Crippen LogP contribution in [0.4, 0.5) is 0 Å². The number of hydrogen-bond acceptors (Lipinski definition) is 2. The van der Waals surface area contributed by atoms with Gasteiger partial charge in [0.15, 0.2) is 0 Å². The molecule has 0 aliphatic carbocycles. The highest BCUT2D eigenvalue weighted by molar-refractivity contribution is 9.10. The molecule has 0 unspecified atom stereocenters. The molecule has 1 aromatic carbocycles. The van der Waals surface area contributed by atoms with Crippen molar-refractivity contribution in [1.82, 2.24) is 0 Å². The Balaban J connectivity index is 2.25. The number of hydrogen-bond donors (Lipinski definition) is 1. The Kier molecular flexibility index (Phi) is 5.52. The van der Waals surface area contributed by atoms with E-state index < -0.39 is 0 Å². The lowest BCUT2D eigenvalue weighted by Gasteiger charge is -2.01. The van der Waals surface area contributed by atoms with Gasteiger partial charge in [-0.1, -0.05) is 40.2 Å². The van der Waals surface area contributed by atoms with E-state index in [4.69, 9.17) is 9.84 Å². The van der Waals surface area contributed by atoms with Crippen LogP contribution >= 0.6 is 15.9 Å². The number of aliphatic hydroxyl groups is 1. The fourth-order valence-corrected chi connectivity index (χ4v) is 1.23. The van der Waals surface area contributed by atoms with Crippen LogP contribution in [0.1, 0.15) is 5.56 Å². The second-order valence-electron chi connectivity index (χ2n) is 2.80. The first-order valence-electron chi connectivity index (χ1n) is 4.41. The summed E-state index contributed by atoms with van der Waals surface area (Å²) in [5.41, 5.74) is 1.14. The van der Waals surface area contributed by atoms with Crippen LogP contribution in [0.5, 0.6) is 0 Å². The lowest BCUT2D eigenvalue weighted by molar-refractivity contribution is 0.148. The van der Waals surface area contributed by atoms with E-state index in [2.05, 4.69) is 15.9 Å². The summed E-state index contributed by atoms with van der Waals surface area (Å²) in [6.07, 6.45) is 3.47. The maximum absolute atomic E-state index is 8.47. The minimum Gasteiger partial charge on any atom is -0.392 e. The zero-order chi connectivity index (χ0) is 10.2. The third kappa shape index (κ3) is 4.56. The predicted molar refractivity (Wildman–Crippen MR) is 60.0 cm³/mol. The summed E-state index contributed by atoms with van der Waals surface area (Å²) in [5.74, 6) is 0. The fourth-order valence-electron chi connectivity index (χ4n) is 0.968. The molecule has 0 atom stereocenters. The molecule has 3 heteroatoms. The summed E-state index contributed by atoms with van der Waals surface area (Å²) in [6, 6.07) is 8.00. The van der Waals surface area contributed by atoms with Crippen LogP contribution in [-0.2, 0) is 11.3 Å². The fraction of sp³-hybridized carbons (Fsp3) is 0.273. The van der Waals surface area contributed by atoms with Gasteiger partial charge in [-0.2, -0.15) is 0 Å². The van der Waals surface area contributed by atoms with E-state index in [0.717, 1.165) is 10.0 Å². The zero-order valence-corrected chi connectivity index (χ0v) is 9.40. The molecule has 0 amide bonds. The molecule has 1 rings (SSSR count). The Morgan fingerprint density at radius 2 is 1.93 bits per heavy atom. The van der Waals surface area contributed by atoms with Gasteiger partial charge in [0.2, 0.25) is 0 Å². The second kappa shape index (κ2) is 6.76. The van der Waals surface area contributed by atoms with Gasteiger partial charge in [0.25, 0.3) is 0 Å². The summed E-state index contributed by atoms with van der Waals surface area (Å²) >= 11 is 3.37. The van der Waals surface area contributed by atoms with Crippen LogP contribution in [0, 0.1) is 0 Å². The Labute approximate surface area is 92.3 Å². The summed E-state index contributed by atoms with van der Waals surface area (Å²) in [7, 11) is 0. The van der Waals surface area contributed by atoms with Crippen LogP contribution in [0.2, 0.25) is 0 Å². The van der Waals surface area contributed by atoms with Gasteiger partial charge in [-0.3, -0.25) is 0 Å². The Morgan fingerprint density at radius 3 is 2.57 bits per heavy atom. The normalized spacial score (nSPS) is 11.0. The molecule has 0 saturated carbocycles. The molecule has 0 aliphatic rings. The lowest BCUT2D eigenvalue weighted by atomic mass is 10.2. The van der Waals surface area contributed by atoms with Gasteiger partial charge in [-0.15, -0.1) is 0 Å². The van der Waals surface area contributed by atoms with Gasteiger partial charge in [0.05, 0.1) is 19.8 Å². The molecule has 76 valence electrons. The maximum atomic E-state index is 8.47. The van der Waals surface area contributed by atoms with Crippen LogP contribution in [0.15, 0.2) is 40.9 Å². The summed E-state index contributed by atoms with van der Waals surface area (Å²) in [6.45, 7) is 1.21. The molecule has 0 bridgehead atoms. The molecule has 0 saturated heterocycles. The topological polar surface area (TPSA) is 29.5 Å². The highest BCUT2D eigenvalue weighted by atomic mass is 79.9. The van der Waals surface area contributed by atoms with E-state index >= 15 is 0 Å². The van der Waals surface area contributed by atoms with Crippen LogP contribution in [0.25, 0.3) is 0 Å². The summed E-state index contributed by atoms with van der Waals surface area (Å²) in [5, 5.41) is 8.47. The van der Waals surface area contributed by atoms with E-state index in [9.17, 15) is 0 Å². The van der Waals surface area contributed by atoms with Gasteiger partial charge in [-0.25, -0.2) is 0 Å². The summed E-state index contributed by atoms with van der Waals surface area (Å²) < 4.78 is 6.42. The van der Waals surface area contributed by atoms with Crippen LogP contribution in [0.3, 0.4) is 0 Å². The highest BCUT2D eigenvalue weighted by Crippen LogP contribution is 2.10. The Morgan fingerprint density at radius 1 is 1.21 bits per heavy atom. The van der Waals surface area contributed by atoms with E-state index in [0.29, 0.717) is 13.2 Å². The Bertz CT molecular complexity index is 280. The summed E-state index contributed by atoms with van der Waals surface area (Å²) in [4.78, 5) is 0. The van der Waals surface area contributed by atoms with E-state index in [1.165, 1.54) is 0 Å². The molecule has 0 fully saturated rings. The standard InChI is InChI=1S/C11H13BrO2/c12-11-5-3-10(4-6-11)9-14-8-2-1-7-13/h1-6,13H,7-9H2/b2-1-. The molecule has 0 spiro atoms. The molecular formula is C11H13BrO2. The molecular weight excluding hydrogens is 244 g/mol. The van der Waals surface area contributed by atoms with Gasteiger partial charge < -0.3 is 9.84 Å². The number of rotatable bonds is 5. The van der Waals surface area contributed by atoms with Gasteiger partial charge in [0, 0.05) is 4.47 Å². The smallest absolute Gasteiger partial charge is 0.0721 e. The van der Waals surface area contributed by atoms with E-state index in [-0.39, 0.29) is 6.61 Å². The first-order valence-corrected chi connectivity index (χ1v) is 5.20. The van der Waals surface area contributed by atoms with Crippen molar-refractivity contribution < 1.29 is 9.84 Å². The molecule has 1 N–H and O–H groups in total. The van der Waals surface area contributed by atoms with Crippen molar-refractivity contribution in [2.75, 3.05) is 13.2 Å². The quantitative estimate of drug-likeness (QED) is 0.648. The van der Waals surface area contributed by atoms with Crippen molar-refractivity contribution in [1.29, 1.82) is 0 Å². The number of halogens is 1. The lowest BCUT2D eigenvalue weighted by Crippen LogP contribution is -1.92. The minimum atomic E-state index is 0.0711. The number of benzene rings is 1. The molecule has 0 heterocycles. The third-order valence-electron chi connectivity index (χ3n) is 1.67. The first-order chi connectivity index (χ1) is 6.83. The van der Waals surface area contributed by atoms with E-state index in [1.807, 2.05) is 24.3 Å². The van der Waals surface area contributed by atoms with Crippen LogP contribution in [-0.4, -0.2) is 18.3 Å². The predicted octanol–water partition coefficient (Wildman–Crippen LogP) is 2.51. The molecule has 0 radical (unpaired) electrons.